The van der Waals surface area contributed by atoms with Crippen LogP contribution in [-0.4, -0.2) is 15.7 Å². The Hall–Kier alpha value is -1.62. The second-order valence-corrected chi connectivity index (χ2v) is 5.69. The molecule has 0 saturated carbocycles. The minimum absolute atomic E-state index is 0.132. The summed E-state index contributed by atoms with van der Waals surface area (Å²) >= 11 is 3.39. The molecular weight excluding hydrogens is 306 g/mol. The van der Waals surface area contributed by atoms with Gasteiger partial charge in [0.25, 0.3) is 5.91 Å². The number of hydrogen-bond acceptors (Lipinski definition) is 2. The zero-order chi connectivity index (χ0) is 14.0. The number of aromatic nitrogens is 2. The summed E-state index contributed by atoms with van der Waals surface area (Å²) in [6.45, 7) is 6.03. The minimum Gasteiger partial charge on any atom is -0.319 e. The van der Waals surface area contributed by atoms with E-state index in [0.29, 0.717) is 11.3 Å². The van der Waals surface area contributed by atoms with E-state index in [0.717, 1.165) is 10.0 Å². The van der Waals surface area contributed by atoms with Crippen LogP contribution < -0.4 is 5.32 Å². The second-order valence-electron chi connectivity index (χ2n) is 4.77. The molecule has 0 aliphatic rings. The molecule has 0 radical (unpaired) electrons. The quantitative estimate of drug-likeness (QED) is 0.934. The average molecular weight is 322 g/mol. The predicted octanol–water partition coefficient (Wildman–Crippen LogP) is 3.79. The predicted molar refractivity (Wildman–Crippen MR) is 79.4 cm³/mol. The van der Waals surface area contributed by atoms with E-state index in [1.807, 2.05) is 43.8 Å². The van der Waals surface area contributed by atoms with Gasteiger partial charge in [0.2, 0.25) is 0 Å². The molecule has 1 amide bonds. The zero-order valence-electron chi connectivity index (χ0n) is 11.1. The van der Waals surface area contributed by atoms with E-state index in [9.17, 15) is 4.79 Å². The maximum atomic E-state index is 12.1. The van der Waals surface area contributed by atoms with Crippen LogP contribution in [0.25, 0.3) is 0 Å². The molecule has 2 aromatic rings. The lowest BCUT2D eigenvalue weighted by molar-refractivity contribution is 0.102. The van der Waals surface area contributed by atoms with E-state index in [1.54, 1.807) is 12.3 Å². The molecule has 1 aromatic carbocycles. The Balaban J connectivity index is 2.15. The van der Waals surface area contributed by atoms with Crippen LogP contribution in [0.15, 0.2) is 35.1 Å². The molecule has 19 heavy (non-hydrogen) atoms. The van der Waals surface area contributed by atoms with Crippen molar-refractivity contribution in [1.82, 2.24) is 9.78 Å². The van der Waals surface area contributed by atoms with Crippen LogP contribution in [0.5, 0.6) is 0 Å². The molecule has 0 atom stereocenters. The van der Waals surface area contributed by atoms with Gasteiger partial charge in [-0.3, -0.25) is 9.48 Å². The average Bonchev–Trinajstić information content (AvgIpc) is 2.76. The lowest BCUT2D eigenvalue weighted by atomic mass is 10.1. The van der Waals surface area contributed by atoms with Crippen molar-refractivity contribution in [2.45, 2.75) is 26.8 Å². The molecule has 0 aliphatic heterocycles. The number of rotatable bonds is 3. The van der Waals surface area contributed by atoms with Gasteiger partial charge < -0.3 is 5.32 Å². The molecular formula is C14H16BrN3O. The van der Waals surface area contributed by atoms with Crippen LogP contribution in [0.3, 0.4) is 0 Å². The van der Waals surface area contributed by atoms with Crippen molar-refractivity contribution in [3.8, 4) is 0 Å². The Bertz CT molecular complexity index is 584. The van der Waals surface area contributed by atoms with Crippen molar-refractivity contribution in [1.29, 1.82) is 0 Å². The standard InChI is InChI=1S/C14H16BrN3O/c1-9(2)18-8-13(7-16-18)17-14(19)11-4-10(3)5-12(15)6-11/h4-9H,1-3H3,(H,17,19). The fraction of sp³-hybridized carbons (Fsp3) is 0.286. The number of anilines is 1. The summed E-state index contributed by atoms with van der Waals surface area (Å²) in [6.07, 6.45) is 3.48. The highest BCUT2D eigenvalue weighted by Gasteiger charge is 2.09. The van der Waals surface area contributed by atoms with Crippen molar-refractivity contribution in [2.24, 2.45) is 0 Å². The maximum absolute atomic E-state index is 12.1. The molecule has 5 heteroatoms. The molecule has 0 spiro atoms. The molecule has 1 heterocycles. The molecule has 0 bridgehead atoms. The van der Waals surface area contributed by atoms with Crippen LogP contribution in [0, 0.1) is 6.92 Å². The van der Waals surface area contributed by atoms with E-state index in [1.165, 1.54) is 0 Å². The Morgan fingerprint density at radius 2 is 2.11 bits per heavy atom. The van der Waals surface area contributed by atoms with Gasteiger partial charge in [-0.25, -0.2) is 0 Å². The molecule has 2 rings (SSSR count). The summed E-state index contributed by atoms with van der Waals surface area (Å²) in [5.41, 5.74) is 2.37. The first kappa shape index (κ1) is 13.8. The zero-order valence-corrected chi connectivity index (χ0v) is 12.7. The molecule has 1 aromatic heterocycles. The summed E-state index contributed by atoms with van der Waals surface area (Å²) in [4.78, 5) is 12.1. The topological polar surface area (TPSA) is 46.9 Å². The number of amides is 1. The molecule has 0 saturated heterocycles. The fourth-order valence-electron chi connectivity index (χ4n) is 1.76. The van der Waals surface area contributed by atoms with E-state index in [4.69, 9.17) is 0 Å². The van der Waals surface area contributed by atoms with Crippen molar-refractivity contribution >= 4 is 27.5 Å². The highest BCUT2D eigenvalue weighted by atomic mass is 79.9. The normalized spacial score (nSPS) is 10.8. The van der Waals surface area contributed by atoms with E-state index >= 15 is 0 Å². The molecule has 0 fully saturated rings. The van der Waals surface area contributed by atoms with Crippen LogP contribution in [0.1, 0.15) is 35.8 Å². The Morgan fingerprint density at radius 3 is 2.68 bits per heavy atom. The van der Waals surface area contributed by atoms with Gasteiger partial charge in [0.15, 0.2) is 0 Å². The van der Waals surface area contributed by atoms with Crippen molar-refractivity contribution in [2.75, 3.05) is 5.32 Å². The van der Waals surface area contributed by atoms with E-state index < -0.39 is 0 Å². The van der Waals surface area contributed by atoms with Gasteiger partial charge in [-0.05, 0) is 44.5 Å². The first-order valence-corrected chi connectivity index (χ1v) is 6.87. The van der Waals surface area contributed by atoms with Crippen molar-refractivity contribution in [3.63, 3.8) is 0 Å². The lowest BCUT2D eigenvalue weighted by Gasteiger charge is -2.05. The fourth-order valence-corrected chi connectivity index (χ4v) is 2.36. The maximum Gasteiger partial charge on any atom is 0.255 e. The van der Waals surface area contributed by atoms with Crippen LogP contribution in [-0.2, 0) is 0 Å². The summed E-state index contributed by atoms with van der Waals surface area (Å²) in [5.74, 6) is -0.132. The van der Waals surface area contributed by atoms with Crippen LogP contribution >= 0.6 is 15.9 Å². The second kappa shape index (κ2) is 5.57. The number of benzene rings is 1. The van der Waals surface area contributed by atoms with Gasteiger partial charge in [0.1, 0.15) is 0 Å². The number of halogens is 1. The van der Waals surface area contributed by atoms with Gasteiger partial charge in [-0.15, -0.1) is 0 Å². The third-order valence-electron chi connectivity index (χ3n) is 2.69. The molecule has 1 N–H and O–H groups in total. The summed E-state index contributed by atoms with van der Waals surface area (Å²) in [5, 5.41) is 7.04. The highest BCUT2D eigenvalue weighted by Crippen LogP contribution is 2.17. The highest BCUT2D eigenvalue weighted by molar-refractivity contribution is 9.10. The number of aryl methyl sites for hydroxylation is 1. The van der Waals surface area contributed by atoms with Crippen molar-refractivity contribution < 1.29 is 4.79 Å². The molecule has 0 unspecified atom stereocenters. The van der Waals surface area contributed by atoms with Gasteiger partial charge >= 0.3 is 0 Å². The third kappa shape index (κ3) is 3.44. The summed E-state index contributed by atoms with van der Waals surface area (Å²) in [7, 11) is 0. The number of hydrogen-bond donors (Lipinski definition) is 1. The third-order valence-corrected chi connectivity index (χ3v) is 3.15. The van der Waals surface area contributed by atoms with Gasteiger partial charge in [-0.1, -0.05) is 15.9 Å². The van der Waals surface area contributed by atoms with Gasteiger partial charge in [-0.2, -0.15) is 5.10 Å². The molecule has 0 aliphatic carbocycles. The van der Waals surface area contributed by atoms with Gasteiger partial charge in [0.05, 0.1) is 11.9 Å². The number of nitrogens with one attached hydrogen (secondary N) is 1. The molecule has 100 valence electrons. The monoisotopic (exact) mass is 321 g/mol. The Morgan fingerprint density at radius 1 is 1.37 bits per heavy atom. The van der Waals surface area contributed by atoms with Crippen LogP contribution in [0.2, 0.25) is 0 Å². The van der Waals surface area contributed by atoms with Gasteiger partial charge in [0, 0.05) is 22.3 Å². The van der Waals surface area contributed by atoms with Crippen LogP contribution in [0.4, 0.5) is 5.69 Å². The summed E-state index contributed by atoms with van der Waals surface area (Å²) < 4.78 is 2.71. The van der Waals surface area contributed by atoms with Crippen molar-refractivity contribution in [3.05, 3.63) is 46.2 Å². The minimum atomic E-state index is -0.132. The Labute approximate surface area is 120 Å². The number of carbonyl (C=O) groups is 1. The smallest absolute Gasteiger partial charge is 0.255 e. The molecule has 4 nitrogen and oxygen atoms in total. The first-order valence-electron chi connectivity index (χ1n) is 6.08. The van der Waals surface area contributed by atoms with E-state index in [-0.39, 0.29) is 11.9 Å². The Kier molecular flexibility index (Phi) is 4.04. The van der Waals surface area contributed by atoms with E-state index in [2.05, 4.69) is 26.3 Å². The lowest BCUT2D eigenvalue weighted by Crippen LogP contribution is -2.11. The SMILES string of the molecule is Cc1cc(Br)cc(C(=O)Nc2cnn(C(C)C)c2)c1. The largest absolute Gasteiger partial charge is 0.319 e. The first-order chi connectivity index (χ1) is 8.95. The number of nitrogens with zero attached hydrogens (tertiary/aromatic N) is 2. The summed E-state index contributed by atoms with van der Waals surface area (Å²) in [6, 6.07) is 5.90. The number of carbonyl (C=O) groups excluding carboxylic acids is 1.